The van der Waals surface area contributed by atoms with Crippen molar-refractivity contribution in [3.63, 3.8) is 0 Å². The summed E-state index contributed by atoms with van der Waals surface area (Å²) in [6.07, 6.45) is 6.21. The van der Waals surface area contributed by atoms with Crippen LogP contribution in [0.3, 0.4) is 0 Å². The fraction of sp³-hybridized carbons (Fsp3) is 0.583. The Morgan fingerprint density at radius 3 is 2.81 bits per heavy atom. The van der Waals surface area contributed by atoms with E-state index in [0.29, 0.717) is 17.7 Å². The number of fused-ring (bicyclic) bond motifs is 3. The number of pyridine rings is 1. The van der Waals surface area contributed by atoms with Gasteiger partial charge in [-0.15, -0.1) is 0 Å². The molecule has 3 saturated heterocycles. The number of anilines is 1. The zero-order valence-corrected chi connectivity index (χ0v) is 9.30. The van der Waals surface area contributed by atoms with Crippen LogP contribution in [0.5, 0.6) is 5.75 Å². The third-order valence-corrected chi connectivity index (χ3v) is 3.68. The molecule has 1 aromatic heterocycles. The van der Waals surface area contributed by atoms with E-state index in [1.165, 1.54) is 25.9 Å². The molecule has 3 aliphatic rings. The minimum atomic E-state index is 0.312. The highest BCUT2D eigenvalue weighted by Crippen LogP contribution is 2.31. The number of nitrogens with zero attached hydrogens (tertiary/aromatic N) is 2. The van der Waals surface area contributed by atoms with E-state index in [2.05, 4.69) is 9.88 Å². The summed E-state index contributed by atoms with van der Waals surface area (Å²) in [4.78, 5) is 6.44. The summed E-state index contributed by atoms with van der Waals surface area (Å²) in [5.74, 6) is 1.49. The van der Waals surface area contributed by atoms with Crippen molar-refractivity contribution in [1.29, 1.82) is 0 Å². The minimum Gasteiger partial charge on any atom is -0.487 e. The standard InChI is InChI=1S/C12H17N3O/c13-10-7-14-4-1-11(10)16-12-8-15-5-2-9(12)3-6-15/h1,4,7,9,12H,2-3,5-6,8,13H2/t12-/m0/s1. The van der Waals surface area contributed by atoms with Crippen molar-refractivity contribution in [2.75, 3.05) is 25.4 Å². The maximum Gasteiger partial charge on any atom is 0.145 e. The molecule has 0 spiro atoms. The Hall–Kier alpha value is -1.29. The van der Waals surface area contributed by atoms with Crippen molar-refractivity contribution in [1.82, 2.24) is 9.88 Å². The molecule has 4 nitrogen and oxygen atoms in total. The predicted octanol–water partition coefficient (Wildman–Crippen LogP) is 1.14. The van der Waals surface area contributed by atoms with Crippen molar-refractivity contribution >= 4 is 5.69 Å². The van der Waals surface area contributed by atoms with Gasteiger partial charge in [-0.25, -0.2) is 0 Å². The molecule has 0 amide bonds. The Balaban J connectivity index is 1.73. The lowest BCUT2D eigenvalue weighted by atomic mass is 9.86. The van der Waals surface area contributed by atoms with Gasteiger partial charge in [0.05, 0.1) is 11.9 Å². The first-order valence-corrected chi connectivity index (χ1v) is 5.91. The molecule has 0 unspecified atom stereocenters. The fourth-order valence-corrected chi connectivity index (χ4v) is 2.71. The lowest BCUT2D eigenvalue weighted by Crippen LogP contribution is -2.52. The van der Waals surface area contributed by atoms with Crippen molar-refractivity contribution in [2.45, 2.75) is 18.9 Å². The Labute approximate surface area is 95.4 Å². The summed E-state index contributed by atoms with van der Waals surface area (Å²) >= 11 is 0. The van der Waals surface area contributed by atoms with Crippen molar-refractivity contribution in [3.05, 3.63) is 18.5 Å². The van der Waals surface area contributed by atoms with Gasteiger partial charge in [0.1, 0.15) is 11.9 Å². The molecule has 2 N–H and O–H groups in total. The number of hydrogen-bond donors (Lipinski definition) is 1. The van der Waals surface area contributed by atoms with Gasteiger partial charge in [0.25, 0.3) is 0 Å². The molecule has 4 heterocycles. The van der Waals surface area contributed by atoms with Crippen LogP contribution in [0, 0.1) is 5.92 Å². The van der Waals surface area contributed by atoms with Gasteiger partial charge in [-0.05, 0) is 31.8 Å². The van der Waals surface area contributed by atoms with E-state index in [9.17, 15) is 0 Å². The molecule has 0 aliphatic carbocycles. The highest BCUT2D eigenvalue weighted by atomic mass is 16.5. The van der Waals surface area contributed by atoms with Gasteiger partial charge in [0.15, 0.2) is 0 Å². The average molecular weight is 219 g/mol. The average Bonchev–Trinajstić information content (AvgIpc) is 2.34. The Morgan fingerprint density at radius 1 is 1.38 bits per heavy atom. The monoisotopic (exact) mass is 219 g/mol. The van der Waals surface area contributed by atoms with Gasteiger partial charge in [-0.3, -0.25) is 9.88 Å². The maximum absolute atomic E-state index is 6.01. The molecular formula is C12H17N3O. The van der Waals surface area contributed by atoms with Gasteiger partial charge in [0.2, 0.25) is 0 Å². The first-order valence-electron chi connectivity index (χ1n) is 5.91. The summed E-state index contributed by atoms with van der Waals surface area (Å²) in [5, 5.41) is 0. The molecule has 0 aromatic carbocycles. The Bertz CT molecular complexity index is 374. The summed E-state index contributed by atoms with van der Waals surface area (Å²) in [7, 11) is 0. The second kappa shape index (κ2) is 3.94. The summed E-state index contributed by atoms with van der Waals surface area (Å²) in [6, 6.07) is 1.85. The molecule has 0 radical (unpaired) electrons. The van der Waals surface area contributed by atoms with Crippen LogP contribution < -0.4 is 10.5 Å². The highest BCUT2D eigenvalue weighted by molar-refractivity contribution is 5.49. The van der Waals surface area contributed by atoms with Crippen LogP contribution in [0.15, 0.2) is 18.5 Å². The topological polar surface area (TPSA) is 51.4 Å². The predicted molar refractivity (Wildman–Crippen MR) is 62.2 cm³/mol. The van der Waals surface area contributed by atoms with E-state index in [1.807, 2.05) is 6.07 Å². The van der Waals surface area contributed by atoms with Crippen LogP contribution in [0.1, 0.15) is 12.8 Å². The van der Waals surface area contributed by atoms with E-state index >= 15 is 0 Å². The maximum atomic E-state index is 6.01. The number of ether oxygens (including phenoxy) is 1. The molecule has 4 rings (SSSR count). The molecular weight excluding hydrogens is 202 g/mol. The second-order valence-corrected chi connectivity index (χ2v) is 4.71. The summed E-state index contributed by atoms with van der Waals surface area (Å²) < 4.78 is 6.01. The van der Waals surface area contributed by atoms with Crippen LogP contribution in [0.2, 0.25) is 0 Å². The number of nitrogen functional groups attached to an aromatic ring is 1. The second-order valence-electron chi connectivity index (χ2n) is 4.71. The largest absolute Gasteiger partial charge is 0.487 e. The van der Waals surface area contributed by atoms with E-state index in [4.69, 9.17) is 10.5 Å². The lowest BCUT2D eigenvalue weighted by molar-refractivity contribution is -0.00742. The fourth-order valence-electron chi connectivity index (χ4n) is 2.71. The molecule has 86 valence electrons. The Kier molecular flexibility index (Phi) is 2.44. The zero-order valence-electron chi connectivity index (χ0n) is 9.30. The first kappa shape index (κ1) is 9.90. The molecule has 16 heavy (non-hydrogen) atoms. The van der Waals surface area contributed by atoms with Crippen molar-refractivity contribution in [3.8, 4) is 5.75 Å². The molecule has 3 aliphatic heterocycles. The zero-order chi connectivity index (χ0) is 11.0. The molecule has 0 saturated carbocycles. The van der Waals surface area contributed by atoms with Crippen LogP contribution in [-0.2, 0) is 0 Å². The third kappa shape index (κ3) is 1.73. The van der Waals surface area contributed by atoms with E-state index in [1.54, 1.807) is 12.4 Å². The first-order chi connectivity index (χ1) is 7.83. The number of nitrogens with two attached hydrogens (primary N) is 1. The summed E-state index contributed by atoms with van der Waals surface area (Å²) in [6.45, 7) is 3.51. The number of hydrogen-bond acceptors (Lipinski definition) is 4. The van der Waals surface area contributed by atoms with Crippen LogP contribution >= 0.6 is 0 Å². The summed E-state index contributed by atoms with van der Waals surface area (Å²) in [5.41, 5.74) is 6.47. The minimum absolute atomic E-state index is 0.312. The van der Waals surface area contributed by atoms with Crippen molar-refractivity contribution < 1.29 is 4.74 Å². The number of piperidine rings is 3. The van der Waals surface area contributed by atoms with Crippen LogP contribution in [0.4, 0.5) is 5.69 Å². The molecule has 3 fully saturated rings. The van der Waals surface area contributed by atoms with Gasteiger partial charge in [0, 0.05) is 18.8 Å². The van der Waals surface area contributed by atoms with Gasteiger partial charge in [-0.2, -0.15) is 0 Å². The van der Waals surface area contributed by atoms with E-state index < -0.39 is 0 Å². The number of rotatable bonds is 2. The van der Waals surface area contributed by atoms with E-state index in [-0.39, 0.29) is 0 Å². The molecule has 1 aromatic rings. The van der Waals surface area contributed by atoms with E-state index in [0.717, 1.165) is 12.3 Å². The van der Waals surface area contributed by atoms with Crippen LogP contribution in [0.25, 0.3) is 0 Å². The van der Waals surface area contributed by atoms with Crippen LogP contribution in [-0.4, -0.2) is 35.6 Å². The third-order valence-electron chi connectivity index (χ3n) is 3.68. The number of aromatic nitrogens is 1. The van der Waals surface area contributed by atoms with Gasteiger partial charge >= 0.3 is 0 Å². The molecule has 2 bridgehead atoms. The SMILES string of the molecule is Nc1cnccc1O[C@H]1CN2CCC1CC2. The Morgan fingerprint density at radius 2 is 2.19 bits per heavy atom. The molecule has 1 atom stereocenters. The van der Waals surface area contributed by atoms with Crippen molar-refractivity contribution in [2.24, 2.45) is 5.92 Å². The highest BCUT2D eigenvalue weighted by Gasteiger charge is 2.35. The normalized spacial score (nSPS) is 32.6. The molecule has 4 heteroatoms. The quantitative estimate of drug-likeness (QED) is 0.810. The lowest BCUT2D eigenvalue weighted by Gasteiger charge is -2.44. The van der Waals surface area contributed by atoms with Gasteiger partial charge in [-0.1, -0.05) is 0 Å². The smallest absolute Gasteiger partial charge is 0.145 e. The van der Waals surface area contributed by atoms with Gasteiger partial charge < -0.3 is 10.5 Å².